The molecule has 0 unspecified atom stereocenters. The summed E-state index contributed by atoms with van der Waals surface area (Å²) in [6, 6.07) is 21.2. The van der Waals surface area contributed by atoms with Crippen LogP contribution in [0.25, 0.3) is 28.6 Å². The molecule has 132 valence electrons. The Labute approximate surface area is 170 Å². The van der Waals surface area contributed by atoms with Crippen LogP contribution in [0.2, 0.25) is 5.02 Å². The predicted octanol–water partition coefficient (Wildman–Crippen LogP) is 7.33. The Morgan fingerprint density at radius 3 is 2.74 bits per heavy atom. The van der Waals surface area contributed by atoms with Gasteiger partial charge in [0.2, 0.25) is 5.89 Å². The minimum Gasteiger partial charge on any atom is -0.436 e. The normalized spacial score (nSPS) is 11.8. The van der Waals surface area contributed by atoms with E-state index >= 15 is 0 Å². The maximum atomic E-state index is 6.13. The van der Waals surface area contributed by atoms with E-state index in [1.807, 2.05) is 78.9 Å². The standard InChI is InChI=1S/C22H14BrClN2O/c23-17-8-3-6-16(13-17)22-26-20-14-18(10-11-21(20)27-22)25-12-4-7-15-5-1-2-9-19(15)24/h1-14H. The molecule has 4 rings (SSSR count). The van der Waals surface area contributed by atoms with Gasteiger partial charge >= 0.3 is 0 Å². The second kappa shape index (κ2) is 7.91. The van der Waals surface area contributed by atoms with Gasteiger partial charge in [-0.1, -0.05) is 57.9 Å². The van der Waals surface area contributed by atoms with Crippen LogP contribution in [0.15, 0.2) is 86.7 Å². The van der Waals surface area contributed by atoms with Gasteiger partial charge in [0, 0.05) is 21.3 Å². The van der Waals surface area contributed by atoms with E-state index in [1.54, 1.807) is 6.21 Å². The molecule has 0 saturated heterocycles. The average Bonchev–Trinajstić information content (AvgIpc) is 3.10. The van der Waals surface area contributed by atoms with Crippen molar-refractivity contribution < 1.29 is 4.42 Å². The lowest BCUT2D eigenvalue weighted by molar-refractivity contribution is 0.620. The van der Waals surface area contributed by atoms with Crippen molar-refractivity contribution in [3.63, 3.8) is 0 Å². The van der Waals surface area contributed by atoms with Crippen LogP contribution < -0.4 is 0 Å². The third-order valence-electron chi connectivity index (χ3n) is 3.93. The molecule has 27 heavy (non-hydrogen) atoms. The third-order valence-corrected chi connectivity index (χ3v) is 4.77. The van der Waals surface area contributed by atoms with Gasteiger partial charge < -0.3 is 4.42 Å². The van der Waals surface area contributed by atoms with Crippen LogP contribution in [0.4, 0.5) is 5.69 Å². The van der Waals surface area contributed by atoms with Crippen molar-refractivity contribution in [1.82, 2.24) is 4.98 Å². The molecule has 3 aromatic carbocycles. The molecule has 0 bridgehead atoms. The first-order chi connectivity index (χ1) is 13.2. The average molecular weight is 438 g/mol. The molecule has 1 aromatic heterocycles. The molecular weight excluding hydrogens is 424 g/mol. The fraction of sp³-hybridized carbons (Fsp3) is 0. The van der Waals surface area contributed by atoms with Crippen LogP contribution in [0.3, 0.4) is 0 Å². The number of rotatable bonds is 4. The Bertz CT molecular complexity index is 1160. The molecule has 0 N–H and O–H groups in total. The maximum absolute atomic E-state index is 6.13. The first-order valence-electron chi connectivity index (χ1n) is 8.31. The lowest BCUT2D eigenvalue weighted by atomic mass is 10.2. The summed E-state index contributed by atoms with van der Waals surface area (Å²) < 4.78 is 6.83. The van der Waals surface area contributed by atoms with Crippen molar-refractivity contribution in [3.05, 3.63) is 87.9 Å². The van der Waals surface area contributed by atoms with Gasteiger partial charge in [0.05, 0.1) is 5.69 Å². The second-order valence-electron chi connectivity index (χ2n) is 5.84. The highest BCUT2D eigenvalue weighted by molar-refractivity contribution is 9.10. The van der Waals surface area contributed by atoms with Crippen molar-refractivity contribution in [2.24, 2.45) is 4.99 Å². The van der Waals surface area contributed by atoms with Crippen LogP contribution in [-0.4, -0.2) is 11.2 Å². The van der Waals surface area contributed by atoms with E-state index < -0.39 is 0 Å². The van der Waals surface area contributed by atoms with Gasteiger partial charge in [0.15, 0.2) is 5.58 Å². The van der Waals surface area contributed by atoms with Crippen molar-refractivity contribution >= 4 is 56.6 Å². The summed E-state index contributed by atoms with van der Waals surface area (Å²) in [5.41, 5.74) is 4.19. The molecule has 0 fully saturated rings. The van der Waals surface area contributed by atoms with E-state index in [4.69, 9.17) is 16.0 Å². The van der Waals surface area contributed by atoms with E-state index in [0.29, 0.717) is 10.9 Å². The molecule has 0 aliphatic heterocycles. The minimum atomic E-state index is 0.589. The lowest BCUT2D eigenvalue weighted by Gasteiger charge is -1.95. The molecule has 1 heterocycles. The summed E-state index contributed by atoms with van der Waals surface area (Å²) in [6.45, 7) is 0. The predicted molar refractivity (Wildman–Crippen MR) is 116 cm³/mol. The highest BCUT2D eigenvalue weighted by Crippen LogP contribution is 2.28. The molecule has 0 saturated carbocycles. The van der Waals surface area contributed by atoms with Crippen molar-refractivity contribution in [2.75, 3.05) is 0 Å². The number of nitrogens with zero attached hydrogens (tertiary/aromatic N) is 2. The van der Waals surface area contributed by atoms with Gasteiger partial charge in [-0.05, 0) is 54.1 Å². The molecule has 0 radical (unpaired) electrons. The Morgan fingerprint density at radius 1 is 1.00 bits per heavy atom. The molecule has 0 aliphatic carbocycles. The molecule has 5 heteroatoms. The number of benzene rings is 3. The van der Waals surface area contributed by atoms with Crippen molar-refractivity contribution in [1.29, 1.82) is 0 Å². The number of hydrogen-bond donors (Lipinski definition) is 0. The Morgan fingerprint density at radius 2 is 1.89 bits per heavy atom. The number of fused-ring (bicyclic) bond motifs is 1. The van der Waals surface area contributed by atoms with E-state index in [1.165, 1.54) is 0 Å². The highest BCUT2D eigenvalue weighted by atomic mass is 79.9. The van der Waals surface area contributed by atoms with E-state index in [0.717, 1.165) is 32.4 Å². The Kier molecular flexibility index (Phi) is 5.19. The summed E-state index contributed by atoms with van der Waals surface area (Å²) in [7, 11) is 0. The van der Waals surface area contributed by atoms with Gasteiger partial charge in [-0.3, -0.25) is 4.99 Å². The zero-order valence-corrected chi connectivity index (χ0v) is 16.5. The summed E-state index contributed by atoms with van der Waals surface area (Å²) in [5, 5.41) is 0.714. The smallest absolute Gasteiger partial charge is 0.227 e. The Balaban J connectivity index is 1.56. The molecule has 0 aliphatic rings. The second-order valence-corrected chi connectivity index (χ2v) is 7.16. The number of allylic oxidation sites excluding steroid dienone is 1. The largest absolute Gasteiger partial charge is 0.436 e. The number of aromatic nitrogens is 1. The molecule has 0 amide bonds. The van der Waals surface area contributed by atoms with Crippen LogP contribution >= 0.6 is 27.5 Å². The molecule has 0 spiro atoms. The topological polar surface area (TPSA) is 38.4 Å². The van der Waals surface area contributed by atoms with Gasteiger partial charge in [0.25, 0.3) is 0 Å². The fourth-order valence-corrected chi connectivity index (χ4v) is 3.23. The molecule has 4 aromatic rings. The molecule has 3 nitrogen and oxygen atoms in total. The van der Waals surface area contributed by atoms with Gasteiger partial charge in [0.1, 0.15) is 5.52 Å². The quantitative estimate of drug-likeness (QED) is 0.314. The van der Waals surface area contributed by atoms with Crippen molar-refractivity contribution in [2.45, 2.75) is 0 Å². The summed E-state index contributed by atoms with van der Waals surface area (Å²) in [5.74, 6) is 0.589. The fourth-order valence-electron chi connectivity index (χ4n) is 2.63. The first-order valence-corrected chi connectivity index (χ1v) is 9.48. The number of hydrogen-bond acceptors (Lipinski definition) is 3. The zero-order valence-electron chi connectivity index (χ0n) is 14.1. The zero-order chi connectivity index (χ0) is 18.6. The van der Waals surface area contributed by atoms with E-state index in [-0.39, 0.29) is 0 Å². The number of oxazole rings is 1. The monoisotopic (exact) mass is 436 g/mol. The number of aliphatic imine (C=N–C) groups is 1. The van der Waals surface area contributed by atoms with E-state index in [2.05, 4.69) is 25.9 Å². The summed E-state index contributed by atoms with van der Waals surface area (Å²) in [4.78, 5) is 9.03. The first kappa shape index (κ1) is 17.7. The Hall–Kier alpha value is -2.69. The minimum absolute atomic E-state index is 0.589. The highest BCUT2D eigenvalue weighted by Gasteiger charge is 2.08. The van der Waals surface area contributed by atoms with Crippen LogP contribution in [-0.2, 0) is 0 Å². The van der Waals surface area contributed by atoms with Crippen molar-refractivity contribution in [3.8, 4) is 11.5 Å². The SMILES string of the molecule is Clc1ccccc1C=CC=Nc1ccc2oc(-c3cccc(Br)c3)nc2c1. The summed E-state index contributed by atoms with van der Waals surface area (Å²) >= 11 is 9.60. The van der Waals surface area contributed by atoms with Crippen LogP contribution in [0.1, 0.15) is 5.56 Å². The van der Waals surface area contributed by atoms with Gasteiger partial charge in [-0.25, -0.2) is 4.98 Å². The van der Waals surface area contributed by atoms with Gasteiger partial charge in [-0.2, -0.15) is 0 Å². The van der Waals surface area contributed by atoms with Crippen LogP contribution in [0.5, 0.6) is 0 Å². The molecule has 0 atom stereocenters. The number of halogens is 2. The van der Waals surface area contributed by atoms with E-state index in [9.17, 15) is 0 Å². The maximum Gasteiger partial charge on any atom is 0.227 e. The van der Waals surface area contributed by atoms with Gasteiger partial charge in [-0.15, -0.1) is 0 Å². The van der Waals surface area contributed by atoms with Crippen LogP contribution in [0, 0.1) is 0 Å². The third kappa shape index (κ3) is 4.18. The molecular formula is C22H14BrClN2O. The summed E-state index contributed by atoms with van der Waals surface area (Å²) in [6.07, 6.45) is 5.52. The lowest BCUT2D eigenvalue weighted by Crippen LogP contribution is -1.76.